The van der Waals surface area contributed by atoms with E-state index >= 15 is 0 Å². The normalized spacial score (nSPS) is 12.7. The minimum absolute atomic E-state index is 0.0858. The molecular formula is C26H33ClF3N3O5S. The van der Waals surface area contributed by atoms with Crippen molar-refractivity contribution in [2.24, 2.45) is 5.92 Å². The van der Waals surface area contributed by atoms with E-state index in [-0.39, 0.29) is 23.9 Å². The number of anilines is 1. The van der Waals surface area contributed by atoms with Gasteiger partial charge in [-0.15, -0.1) is 0 Å². The van der Waals surface area contributed by atoms with E-state index in [1.54, 1.807) is 31.2 Å². The molecule has 0 aliphatic heterocycles. The number of hydrogen-bond donors (Lipinski definition) is 1. The number of halogens is 4. The second kappa shape index (κ2) is 13.4. The quantitative estimate of drug-likeness (QED) is 0.386. The van der Waals surface area contributed by atoms with Crippen LogP contribution in [-0.2, 0) is 32.3 Å². The molecule has 8 nitrogen and oxygen atoms in total. The first-order valence-electron chi connectivity index (χ1n) is 12.1. The van der Waals surface area contributed by atoms with Crippen molar-refractivity contribution in [1.82, 2.24) is 10.2 Å². The van der Waals surface area contributed by atoms with E-state index in [0.29, 0.717) is 28.2 Å². The Balaban J connectivity index is 2.54. The summed E-state index contributed by atoms with van der Waals surface area (Å²) in [6.07, 6.45) is -3.81. The predicted molar refractivity (Wildman–Crippen MR) is 144 cm³/mol. The molecular weight excluding hydrogens is 559 g/mol. The van der Waals surface area contributed by atoms with Crippen LogP contribution in [0.15, 0.2) is 42.5 Å². The van der Waals surface area contributed by atoms with Gasteiger partial charge in [-0.05, 0) is 48.2 Å². The number of nitrogens with one attached hydrogen (secondary N) is 1. The molecule has 2 rings (SSSR count). The molecule has 0 aliphatic rings. The first kappa shape index (κ1) is 32.2. The van der Waals surface area contributed by atoms with Gasteiger partial charge in [0, 0.05) is 13.1 Å². The summed E-state index contributed by atoms with van der Waals surface area (Å²) < 4.78 is 71.3. The zero-order chi connectivity index (χ0) is 29.5. The number of alkyl halides is 3. The summed E-state index contributed by atoms with van der Waals surface area (Å²) in [5.74, 6) is -0.600. The highest BCUT2D eigenvalue weighted by Crippen LogP contribution is 2.36. The van der Waals surface area contributed by atoms with E-state index in [9.17, 15) is 31.2 Å². The Morgan fingerprint density at radius 3 is 2.33 bits per heavy atom. The fraction of sp³-hybridized carbons (Fsp3) is 0.462. The molecule has 0 saturated heterocycles. The van der Waals surface area contributed by atoms with Gasteiger partial charge in [0.15, 0.2) is 0 Å². The molecule has 2 amide bonds. The number of sulfonamides is 1. The van der Waals surface area contributed by atoms with E-state index in [0.717, 1.165) is 18.4 Å². The van der Waals surface area contributed by atoms with Gasteiger partial charge in [-0.2, -0.15) is 13.2 Å². The lowest BCUT2D eigenvalue weighted by molar-refractivity contribution is -0.140. The molecule has 0 saturated carbocycles. The van der Waals surface area contributed by atoms with Crippen molar-refractivity contribution in [2.45, 2.75) is 46.0 Å². The van der Waals surface area contributed by atoms with Crippen LogP contribution >= 0.6 is 11.6 Å². The van der Waals surface area contributed by atoms with Crippen molar-refractivity contribution in [1.29, 1.82) is 0 Å². The third kappa shape index (κ3) is 9.03. The average Bonchev–Trinajstić information content (AvgIpc) is 2.85. The zero-order valence-corrected chi connectivity index (χ0v) is 24.0. The maximum absolute atomic E-state index is 13.7. The molecule has 0 unspecified atom stereocenters. The van der Waals surface area contributed by atoms with E-state index in [2.05, 4.69) is 5.32 Å². The molecule has 1 N–H and O–H groups in total. The lowest BCUT2D eigenvalue weighted by Crippen LogP contribution is -2.52. The molecule has 216 valence electrons. The Bertz CT molecular complexity index is 1270. The second-order valence-electron chi connectivity index (χ2n) is 9.37. The summed E-state index contributed by atoms with van der Waals surface area (Å²) >= 11 is 6.11. The monoisotopic (exact) mass is 591 g/mol. The largest absolute Gasteiger partial charge is 0.497 e. The van der Waals surface area contributed by atoms with Gasteiger partial charge in [-0.3, -0.25) is 13.9 Å². The smallest absolute Gasteiger partial charge is 0.416 e. The number of amides is 2. The van der Waals surface area contributed by atoms with Crippen LogP contribution in [0.25, 0.3) is 0 Å². The molecule has 39 heavy (non-hydrogen) atoms. The van der Waals surface area contributed by atoms with Crippen LogP contribution in [0.4, 0.5) is 18.9 Å². The maximum atomic E-state index is 13.7. The lowest BCUT2D eigenvalue weighted by atomic mass is 10.1. The topological polar surface area (TPSA) is 96.0 Å². The number of carbonyl (C=O) groups is 2. The van der Waals surface area contributed by atoms with Crippen molar-refractivity contribution in [3.05, 3.63) is 58.6 Å². The second-order valence-corrected chi connectivity index (χ2v) is 11.7. The van der Waals surface area contributed by atoms with Crippen LogP contribution in [-0.4, -0.2) is 57.6 Å². The van der Waals surface area contributed by atoms with Gasteiger partial charge in [0.25, 0.3) is 0 Å². The Kier molecular flexibility index (Phi) is 11.1. The first-order valence-corrected chi connectivity index (χ1v) is 14.4. The highest BCUT2D eigenvalue weighted by atomic mass is 35.5. The highest BCUT2D eigenvalue weighted by Gasteiger charge is 2.35. The number of ether oxygens (including phenoxy) is 1. The van der Waals surface area contributed by atoms with Crippen molar-refractivity contribution < 1.29 is 35.9 Å². The zero-order valence-electron chi connectivity index (χ0n) is 22.4. The van der Waals surface area contributed by atoms with Crippen LogP contribution < -0.4 is 14.4 Å². The van der Waals surface area contributed by atoms with Crippen LogP contribution in [0.2, 0.25) is 5.02 Å². The summed E-state index contributed by atoms with van der Waals surface area (Å²) in [5, 5.41) is 2.50. The summed E-state index contributed by atoms with van der Waals surface area (Å²) in [7, 11) is -2.80. The number of hydrogen-bond acceptors (Lipinski definition) is 5. The Morgan fingerprint density at radius 2 is 1.79 bits per heavy atom. The molecule has 0 bridgehead atoms. The molecule has 2 aromatic carbocycles. The fourth-order valence-electron chi connectivity index (χ4n) is 3.78. The van der Waals surface area contributed by atoms with Crippen molar-refractivity contribution in [3.63, 3.8) is 0 Å². The SMILES string of the molecule is CC[C@@H](C(=O)NCC(C)C)N(Cc1cccc(OC)c1)C(=O)CN(c1cc(C(F)(F)F)ccc1Cl)S(C)(=O)=O. The first-order chi connectivity index (χ1) is 18.1. The third-order valence-corrected chi connectivity index (χ3v) is 7.22. The van der Waals surface area contributed by atoms with Gasteiger partial charge in [0.2, 0.25) is 21.8 Å². The minimum Gasteiger partial charge on any atom is -0.497 e. The number of methoxy groups -OCH3 is 1. The van der Waals surface area contributed by atoms with Crippen LogP contribution in [0.3, 0.4) is 0 Å². The molecule has 0 aliphatic carbocycles. The number of benzene rings is 2. The summed E-state index contributed by atoms with van der Waals surface area (Å²) in [6, 6.07) is 8.00. The van der Waals surface area contributed by atoms with E-state index < -0.39 is 51.9 Å². The summed E-state index contributed by atoms with van der Waals surface area (Å²) in [6.45, 7) is 4.90. The average molecular weight is 592 g/mol. The van der Waals surface area contributed by atoms with Gasteiger partial charge in [-0.1, -0.05) is 44.5 Å². The number of carbonyl (C=O) groups excluding carboxylic acids is 2. The predicted octanol–water partition coefficient (Wildman–Crippen LogP) is 4.71. The van der Waals surface area contributed by atoms with E-state index in [1.807, 2.05) is 13.8 Å². The Morgan fingerprint density at radius 1 is 1.13 bits per heavy atom. The molecule has 0 radical (unpaired) electrons. The molecule has 13 heteroatoms. The number of rotatable bonds is 12. The molecule has 1 atom stereocenters. The van der Waals surface area contributed by atoms with Crippen molar-refractivity contribution in [2.75, 3.05) is 30.8 Å². The molecule has 2 aromatic rings. The molecule has 0 aromatic heterocycles. The van der Waals surface area contributed by atoms with E-state index in [4.69, 9.17) is 16.3 Å². The van der Waals surface area contributed by atoms with Gasteiger partial charge in [-0.25, -0.2) is 8.42 Å². The van der Waals surface area contributed by atoms with E-state index in [1.165, 1.54) is 12.0 Å². The van der Waals surface area contributed by atoms with Gasteiger partial charge in [0.1, 0.15) is 18.3 Å². The minimum atomic E-state index is -4.77. The standard InChI is InChI=1S/C26H33ClF3N3O5S/c1-6-22(25(35)31-14-17(2)3)32(15-18-8-7-9-20(12-18)38-4)24(34)16-33(39(5,36)37)23-13-19(26(28,29)30)10-11-21(23)27/h7-13,17,22H,6,14-16H2,1-5H3,(H,31,35)/t22-/m0/s1. The van der Waals surface area contributed by atoms with Crippen molar-refractivity contribution in [3.8, 4) is 5.75 Å². The highest BCUT2D eigenvalue weighted by molar-refractivity contribution is 7.92. The fourth-order valence-corrected chi connectivity index (χ4v) is 4.91. The molecule has 0 spiro atoms. The van der Waals surface area contributed by atoms with Gasteiger partial charge < -0.3 is 15.0 Å². The Hall–Kier alpha value is -2.99. The Labute approximate surface area is 232 Å². The van der Waals surface area contributed by atoms with Gasteiger partial charge in [0.05, 0.1) is 29.6 Å². The van der Waals surface area contributed by atoms with Crippen LogP contribution in [0.1, 0.15) is 38.3 Å². The molecule has 0 fully saturated rings. The van der Waals surface area contributed by atoms with Gasteiger partial charge >= 0.3 is 6.18 Å². The number of nitrogens with zero attached hydrogens (tertiary/aromatic N) is 2. The maximum Gasteiger partial charge on any atom is 0.416 e. The van der Waals surface area contributed by atoms with Crippen LogP contribution in [0, 0.1) is 5.92 Å². The summed E-state index contributed by atoms with van der Waals surface area (Å²) in [5.41, 5.74) is -1.03. The van der Waals surface area contributed by atoms with Crippen molar-refractivity contribution >= 4 is 39.1 Å². The third-order valence-electron chi connectivity index (χ3n) is 5.78. The lowest BCUT2D eigenvalue weighted by Gasteiger charge is -2.33. The summed E-state index contributed by atoms with van der Waals surface area (Å²) in [4.78, 5) is 28.0. The van der Waals surface area contributed by atoms with Crippen LogP contribution in [0.5, 0.6) is 5.75 Å². The molecule has 0 heterocycles.